The number of rotatable bonds is 5. The van der Waals surface area contributed by atoms with Gasteiger partial charge in [-0.2, -0.15) is 5.26 Å². The number of hydrogen-bond donors (Lipinski definition) is 2. The van der Waals surface area contributed by atoms with E-state index in [1.54, 1.807) is 11.4 Å². The summed E-state index contributed by atoms with van der Waals surface area (Å²) in [6.07, 6.45) is 1.30. The van der Waals surface area contributed by atoms with Crippen molar-refractivity contribution < 1.29 is 4.79 Å². The van der Waals surface area contributed by atoms with Gasteiger partial charge in [0.05, 0.1) is 5.56 Å². The highest BCUT2D eigenvalue weighted by atomic mass is 32.1. The maximum absolute atomic E-state index is 11.6. The third kappa shape index (κ3) is 3.33. The number of nitrogens with one attached hydrogen (secondary N) is 1. The molecule has 16 heavy (non-hydrogen) atoms. The van der Waals surface area contributed by atoms with Crippen LogP contribution in [0.15, 0.2) is 11.4 Å². The standard InChI is InChI=1S/C11H15N3OS/c1-2-8(6-12)5-10(15)14-11-9(7-13)3-4-16-11/h3-4,8H,2,5-6,12H2,1H3,(H,14,15). The second-order valence-electron chi connectivity index (χ2n) is 3.54. The summed E-state index contributed by atoms with van der Waals surface area (Å²) in [6.45, 7) is 2.52. The van der Waals surface area contributed by atoms with E-state index in [2.05, 4.69) is 5.32 Å². The Kier molecular flexibility index (Phi) is 4.96. The SMILES string of the molecule is CCC(CN)CC(=O)Nc1sccc1C#N. The van der Waals surface area contributed by atoms with Crippen molar-refractivity contribution >= 4 is 22.2 Å². The van der Waals surface area contributed by atoms with Crippen LogP contribution in [0.1, 0.15) is 25.3 Å². The summed E-state index contributed by atoms with van der Waals surface area (Å²) < 4.78 is 0. The van der Waals surface area contributed by atoms with Gasteiger partial charge < -0.3 is 11.1 Å². The number of hydrogen-bond acceptors (Lipinski definition) is 4. The minimum Gasteiger partial charge on any atom is -0.330 e. The predicted molar refractivity (Wildman–Crippen MR) is 65.1 cm³/mol. The molecule has 0 bridgehead atoms. The molecule has 0 aliphatic rings. The number of amides is 1. The number of carbonyl (C=O) groups is 1. The fourth-order valence-electron chi connectivity index (χ4n) is 1.33. The molecule has 1 aromatic heterocycles. The van der Waals surface area contributed by atoms with Crippen LogP contribution in [0.25, 0.3) is 0 Å². The van der Waals surface area contributed by atoms with Gasteiger partial charge in [-0.15, -0.1) is 11.3 Å². The maximum Gasteiger partial charge on any atom is 0.225 e. The van der Waals surface area contributed by atoms with Gasteiger partial charge in [0.25, 0.3) is 0 Å². The zero-order valence-electron chi connectivity index (χ0n) is 9.19. The van der Waals surface area contributed by atoms with E-state index >= 15 is 0 Å². The van der Waals surface area contributed by atoms with Crippen LogP contribution in [-0.2, 0) is 4.79 Å². The Morgan fingerprint density at radius 3 is 3.06 bits per heavy atom. The molecule has 0 spiro atoms. The van der Waals surface area contributed by atoms with E-state index < -0.39 is 0 Å². The van der Waals surface area contributed by atoms with Crippen molar-refractivity contribution in [2.75, 3.05) is 11.9 Å². The van der Waals surface area contributed by atoms with Crippen LogP contribution in [0.4, 0.5) is 5.00 Å². The lowest BCUT2D eigenvalue weighted by Gasteiger charge is -2.11. The van der Waals surface area contributed by atoms with E-state index in [0.717, 1.165) is 6.42 Å². The molecular weight excluding hydrogens is 222 g/mol. The first-order valence-electron chi connectivity index (χ1n) is 5.18. The summed E-state index contributed by atoms with van der Waals surface area (Å²) in [7, 11) is 0. The minimum absolute atomic E-state index is 0.0729. The zero-order valence-corrected chi connectivity index (χ0v) is 10.0. The van der Waals surface area contributed by atoms with Crippen LogP contribution in [0.5, 0.6) is 0 Å². The summed E-state index contributed by atoms with van der Waals surface area (Å²) >= 11 is 1.36. The molecule has 0 aliphatic heterocycles. The maximum atomic E-state index is 11.6. The van der Waals surface area contributed by atoms with Crippen molar-refractivity contribution in [3.05, 3.63) is 17.0 Å². The number of nitrogens with zero attached hydrogens (tertiary/aromatic N) is 1. The average molecular weight is 237 g/mol. The third-order valence-electron chi connectivity index (χ3n) is 2.42. The normalized spacial score (nSPS) is 11.8. The van der Waals surface area contributed by atoms with Crippen molar-refractivity contribution in [3.8, 4) is 6.07 Å². The van der Waals surface area contributed by atoms with Gasteiger partial charge in [-0.1, -0.05) is 13.3 Å². The van der Waals surface area contributed by atoms with Crippen LogP contribution < -0.4 is 11.1 Å². The van der Waals surface area contributed by atoms with E-state index in [9.17, 15) is 4.79 Å². The molecule has 0 aliphatic carbocycles. The van der Waals surface area contributed by atoms with E-state index in [0.29, 0.717) is 23.5 Å². The van der Waals surface area contributed by atoms with Crippen molar-refractivity contribution in [3.63, 3.8) is 0 Å². The second-order valence-corrected chi connectivity index (χ2v) is 4.45. The van der Waals surface area contributed by atoms with Crippen molar-refractivity contribution in [1.82, 2.24) is 0 Å². The third-order valence-corrected chi connectivity index (χ3v) is 3.25. The molecule has 1 heterocycles. The first-order chi connectivity index (χ1) is 7.71. The molecule has 1 rings (SSSR count). The molecule has 0 saturated carbocycles. The Bertz CT molecular complexity index is 390. The molecule has 5 heteroatoms. The van der Waals surface area contributed by atoms with Gasteiger partial charge in [-0.25, -0.2) is 0 Å². The van der Waals surface area contributed by atoms with E-state index in [4.69, 9.17) is 11.0 Å². The van der Waals surface area contributed by atoms with Crippen molar-refractivity contribution in [2.24, 2.45) is 11.7 Å². The lowest BCUT2D eigenvalue weighted by Crippen LogP contribution is -2.21. The van der Waals surface area contributed by atoms with Crippen LogP contribution in [-0.4, -0.2) is 12.5 Å². The van der Waals surface area contributed by atoms with Gasteiger partial charge in [0.15, 0.2) is 0 Å². The predicted octanol–water partition coefficient (Wildman–Crippen LogP) is 1.93. The smallest absolute Gasteiger partial charge is 0.225 e. The van der Waals surface area contributed by atoms with E-state index in [1.165, 1.54) is 11.3 Å². The summed E-state index contributed by atoms with van der Waals surface area (Å²) in [5, 5.41) is 13.9. The molecule has 86 valence electrons. The molecule has 1 unspecified atom stereocenters. The highest BCUT2D eigenvalue weighted by Gasteiger charge is 2.12. The quantitative estimate of drug-likeness (QED) is 0.821. The Labute approximate surface area is 99.1 Å². The van der Waals surface area contributed by atoms with Crippen LogP contribution >= 0.6 is 11.3 Å². The Balaban J connectivity index is 2.55. The summed E-state index contributed by atoms with van der Waals surface area (Å²) in [5.74, 6) is 0.141. The minimum atomic E-state index is -0.0729. The molecule has 0 aromatic carbocycles. The van der Waals surface area contributed by atoms with Crippen LogP contribution in [0.2, 0.25) is 0 Å². The largest absolute Gasteiger partial charge is 0.330 e. The fourth-order valence-corrected chi connectivity index (χ4v) is 2.08. The Hall–Kier alpha value is -1.38. The van der Waals surface area contributed by atoms with Crippen molar-refractivity contribution in [1.29, 1.82) is 5.26 Å². The zero-order chi connectivity index (χ0) is 12.0. The first-order valence-corrected chi connectivity index (χ1v) is 6.06. The molecule has 4 nitrogen and oxygen atoms in total. The molecule has 1 atom stereocenters. The monoisotopic (exact) mass is 237 g/mol. The van der Waals surface area contributed by atoms with Gasteiger partial charge in [0, 0.05) is 6.42 Å². The van der Waals surface area contributed by atoms with Gasteiger partial charge in [-0.3, -0.25) is 4.79 Å². The number of carbonyl (C=O) groups excluding carboxylic acids is 1. The topological polar surface area (TPSA) is 78.9 Å². The number of thiophene rings is 1. The van der Waals surface area contributed by atoms with E-state index in [-0.39, 0.29) is 11.8 Å². The average Bonchev–Trinajstić information content (AvgIpc) is 2.73. The van der Waals surface area contributed by atoms with E-state index in [1.807, 2.05) is 13.0 Å². The van der Waals surface area contributed by atoms with Crippen LogP contribution in [0, 0.1) is 17.2 Å². The molecular formula is C11H15N3OS. The Morgan fingerprint density at radius 2 is 2.50 bits per heavy atom. The lowest BCUT2D eigenvalue weighted by molar-refractivity contribution is -0.117. The summed E-state index contributed by atoms with van der Waals surface area (Å²) in [6, 6.07) is 3.73. The van der Waals surface area contributed by atoms with Gasteiger partial charge >= 0.3 is 0 Å². The fraction of sp³-hybridized carbons (Fsp3) is 0.455. The molecule has 0 saturated heterocycles. The summed E-state index contributed by atoms with van der Waals surface area (Å²) in [4.78, 5) is 11.6. The van der Waals surface area contributed by atoms with Gasteiger partial charge in [0.2, 0.25) is 5.91 Å². The summed E-state index contributed by atoms with van der Waals surface area (Å²) in [5.41, 5.74) is 6.04. The highest BCUT2D eigenvalue weighted by molar-refractivity contribution is 7.14. The Morgan fingerprint density at radius 1 is 1.75 bits per heavy atom. The van der Waals surface area contributed by atoms with Gasteiger partial charge in [0.1, 0.15) is 11.1 Å². The second kappa shape index (κ2) is 6.26. The number of nitrogens with two attached hydrogens (primary N) is 1. The lowest BCUT2D eigenvalue weighted by atomic mass is 10.0. The molecule has 0 fully saturated rings. The molecule has 1 amide bonds. The number of nitriles is 1. The van der Waals surface area contributed by atoms with Crippen LogP contribution in [0.3, 0.4) is 0 Å². The first kappa shape index (κ1) is 12.7. The molecule has 1 aromatic rings. The highest BCUT2D eigenvalue weighted by Crippen LogP contribution is 2.22. The van der Waals surface area contributed by atoms with Gasteiger partial charge in [-0.05, 0) is 23.9 Å². The molecule has 3 N–H and O–H groups in total. The van der Waals surface area contributed by atoms with Crippen molar-refractivity contribution in [2.45, 2.75) is 19.8 Å². The molecule has 0 radical (unpaired) electrons. The number of anilines is 1.